The van der Waals surface area contributed by atoms with Gasteiger partial charge in [0.25, 0.3) is 0 Å². The first-order chi connectivity index (χ1) is 9.27. The number of nitrogens with one attached hydrogen (secondary N) is 1. The predicted octanol–water partition coefficient (Wildman–Crippen LogP) is 3.41. The molecule has 1 rings (SSSR count). The van der Waals surface area contributed by atoms with E-state index >= 15 is 0 Å². The molecular weight excluding hydrogens is 241 g/mol. The Balaban J connectivity index is 2.49. The molecule has 0 aliphatic carbocycles. The Hall–Kier alpha value is -0.930. The number of hydrogen-bond acceptors (Lipinski definition) is 2. The highest BCUT2D eigenvalue weighted by Gasteiger charge is 2.12. The van der Waals surface area contributed by atoms with Gasteiger partial charge in [-0.25, -0.2) is 4.39 Å². The third kappa shape index (κ3) is 6.69. The average Bonchev–Trinajstić information content (AvgIpc) is 2.41. The van der Waals surface area contributed by atoms with Crippen LogP contribution in [0.2, 0.25) is 0 Å². The summed E-state index contributed by atoms with van der Waals surface area (Å²) in [5.41, 5.74) is 0.808. The quantitative estimate of drug-likeness (QED) is 0.656. The second-order valence-corrected chi connectivity index (χ2v) is 4.85. The third-order valence-electron chi connectivity index (χ3n) is 3.20. The van der Waals surface area contributed by atoms with E-state index in [2.05, 4.69) is 12.2 Å². The van der Waals surface area contributed by atoms with Crippen LogP contribution < -0.4 is 5.32 Å². The molecule has 1 aromatic rings. The van der Waals surface area contributed by atoms with Gasteiger partial charge in [-0.05, 0) is 56.8 Å². The van der Waals surface area contributed by atoms with E-state index in [1.165, 1.54) is 6.07 Å². The summed E-state index contributed by atoms with van der Waals surface area (Å²) in [6.45, 7) is 7.59. The zero-order valence-corrected chi connectivity index (χ0v) is 12.1. The number of rotatable bonds is 10. The molecule has 0 aliphatic rings. The smallest absolute Gasteiger partial charge is 0.126 e. The second kappa shape index (κ2) is 9.93. The summed E-state index contributed by atoms with van der Waals surface area (Å²) in [5, 5.41) is 3.42. The summed E-state index contributed by atoms with van der Waals surface area (Å²) in [6, 6.07) is 7.05. The maximum absolute atomic E-state index is 13.7. The summed E-state index contributed by atoms with van der Waals surface area (Å²) in [7, 11) is 0. The third-order valence-corrected chi connectivity index (χ3v) is 3.20. The van der Waals surface area contributed by atoms with Crippen LogP contribution in [0.5, 0.6) is 0 Å². The van der Waals surface area contributed by atoms with Crippen molar-refractivity contribution in [2.75, 3.05) is 26.3 Å². The summed E-state index contributed by atoms with van der Waals surface area (Å²) >= 11 is 0. The number of ether oxygens (including phenoxy) is 1. The van der Waals surface area contributed by atoms with Crippen LogP contribution in [0.1, 0.15) is 32.3 Å². The Bertz CT molecular complexity index is 333. The monoisotopic (exact) mass is 267 g/mol. The van der Waals surface area contributed by atoms with Gasteiger partial charge in [0.2, 0.25) is 0 Å². The standard InChI is InChI=1S/C16H26FNO/c1-3-10-18-13-14(9-11-19-4-2)12-15-7-5-6-8-16(15)17/h5-8,14,18H,3-4,9-13H2,1-2H3. The van der Waals surface area contributed by atoms with Crippen LogP contribution in [0, 0.1) is 11.7 Å². The molecule has 0 saturated carbocycles. The van der Waals surface area contributed by atoms with Gasteiger partial charge in [0, 0.05) is 13.2 Å². The fourth-order valence-corrected chi connectivity index (χ4v) is 2.13. The highest BCUT2D eigenvalue weighted by Crippen LogP contribution is 2.15. The van der Waals surface area contributed by atoms with Crippen molar-refractivity contribution in [3.8, 4) is 0 Å². The molecule has 0 saturated heterocycles. The predicted molar refractivity (Wildman–Crippen MR) is 77.9 cm³/mol. The Kier molecular flexibility index (Phi) is 8.43. The first-order valence-corrected chi connectivity index (χ1v) is 7.29. The molecule has 108 valence electrons. The molecular formula is C16H26FNO. The lowest BCUT2D eigenvalue weighted by Crippen LogP contribution is -2.26. The van der Waals surface area contributed by atoms with Crippen molar-refractivity contribution in [1.29, 1.82) is 0 Å². The van der Waals surface area contributed by atoms with E-state index in [0.717, 1.165) is 51.1 Å². The largest absolute Gasteiger partial charge is 0.382 e. The van der Waals surface area contributed by atoms with Gasteiger partial charge in [0.1, 0.15) is 5.82 Å². The molecule has 0 amide bonds. The zero-order chi connectivity index (χ0) is 13.9. The van der Waals surface area contributed by atoms with Crippen LogP contribution >= 0.6 is 0 Å². The van der Waals surface area contributed by atoms with Crippen LogP contribution in [0.25, 0.3) is 0 Å². The van der Waals surface area contributed by atoms with Crippen LogP contribution in [0.4, 0.5) is 4.39 Å². The van der Waals surface area contributed by atoms with Gasteiger partial charge in [-0.3, -0.25) is 0 Å². The van der Waals surface area contributed by atoms with E-state index in [4.69, 9.17) is 4.74 Å². The number of halogens is 1. The minimum absolute atomic E-state index is 0.0978. The summed E-state index contributed by atoms with van der Waals surface area (Å²) < 4.78 is 19.1. The first kappa shape index (κ1) is 16.1. The topological polar surface area (TPSA) is 21.3 Å². The molecule has 0 aliphatic heterocycles. The summed E-state index contributed by atoms with van der Waals surface area (Å²) in [5.74, 6) is 0.328. The maximum Gasteiger partial charge on any atom is 0.126 e. The van der Waals surface area contributed by atoms with Crippen molar-refractivity contribution in [2.45, 2.75) is 33.1 Å². The van der Waals surface area contributed by atoms with E-state index in [1.807, 2.05) is 19.1 Å². The van der Waals surface area contributed by atoms with E-state index in [-0.39, 0.29) is 5.82 Å². The maximum atomic E-state index is 13.7. The van der Waals surface area contributed by atoms with Crippen LogP contribution in [-0.2, 0) is 11.2 Å². The van der Waals surface area contributed by atoms with Crippen molar-refractivity contribution in [1.82, 2.24) is 5.32 Å². The molecule has 0 aromatic heterocycles. The minimum atomic E-state index is -0.0978. The highest BCUT2D eigenvalue weighted by atomic mass is 19.1. The van der Waals surface area contributed by atoms with Crippen LogP contribution in [0.3, 0.4) is 0 Å². The highest BCUT2D eigenvalue weighted by molar-refractivity contribution is 5.17. The Morgan fingerprint density at radius 2 is 2.05 bits per heavy atom. The fraction of sp³-hybridized carbons (Fsp3) is 0.625. The Morgan fingerprint density at radius 3 is 2.74 bits per heavy atom. The molecule has 0 spiro atoms. The fourth-order valence-electron chi connectivity index (χ4n) is 2.13. The average molecular weight is 267 g/mol. The zero-order valence-electron chi connectivity index (χ0n) is 12.1. The van der Waals surface area contributed by atoms with E-state index in [0.29, 0.717) is 5.92 Å². The Morgan fingerprint density at radius 1 is 1.26 bits per heavy atom. The van der Waals surface area contributed by atoms with Gasteiger partial charge in [-0.2, -0.15) is 0 Å². The second-order valence-electron chi connectivity index (χ2n) is 4.85. The van der Waals surface area contributed by atoms with Crippen molar-refractivity contribution < 1.29 is 9.13 Å². The van der Waals surface area contributed by atoms with Gasteiger partial charge in [-0.1, -0.05) is 25.1 Å². The van der Waals surface area contributed by atoms with Gasteiger partial charge in [-0.15, -0.1) is 0 Å². The van der Waals surface area contributed by atoms with Crippen molar-refractivity contribution >= 4 is 0 Å². The lowest BCUT2D eigenvalue weighted by atomic mass is 9.96. The SMILES string of the molecule is CCCNCC(CCOCC)Cc1ccccc1F. The molecule has 0 bridgehead atoms. The van der Waals surface area contributed by atoms with Gasteiger partial charge in [0.05, 0.1) is 0 Å². The molecule has 1 atom stereocenters. The van der Waals surface area contributed by atoms with Crippen molar-refractivity contribution in [3.05, 3.63) is 35.6 Å². The van der Waals surface area contributed by atoms with Gasteiger partial charge in [0.15, 0.2) is 0 Å². The minimum Gasteiger partial charge on any atom is -0.382 e. The summed E-state index contributed by atoms with van der Waals surface area (Å²) in [4.78, 5) is 0. The molecule has 19 heavy (non-hydrogen) atoms. The molecule has 1 unspecified atom stereocenters. The molecule has 0 fully saturated rings. The Labute approximate surface area is 116 Å². The number of hydrogen-bond donors (Lipinski definition) is 1. The molecule has 3 heteroatoms. The van der Waals surface area contributed by atoms with E-state index < -0.39 is 0 Å². The van der Waals surface area contributed by atoms with Crippen molar-refractivity contribution in [3.63, 3.8) is 0 Å². The van der Waals surface area contributed by atoms with Gasteiger partial charge < -0.3 is 10.1 Å². The van der Waals surface area contributed by atoms with Crippen LogP contribution in [-0.4, -0.2) is 26.3 Å². The van der Waals surface area contributed by atoms with Gasteiger partial charge >= 0.3 is 0 Å². The molecule has 2 nitrogen and oxygen atoms in total. The van der Waals surface area contributed by atoms with E-state index in [1.54, 1.807) is 6.07 Å². The molecule has 0 radical (unpaired) electrons. The molecule has 1 N–H and O–H groups in total. The molecule has 1 aromatic carbocycles. The summed E-state index contributed by atoms with van der Waals surface area (Å²) in [6.07, 6.45) is 2.87. The lowest BCUT2D eigenvalue weighted by Gasteiger charge is -2.18. The van der Waals surface area contributed by atoms with Crippen molar-refractivity contribution in [2.24, 2.45) is 5.92 Å². The first-order valence-electron chi connectivity index (χ1n) is 7.29. The normalized spacial score (nSPS) is 12.6. The van der Waals surface area contributed by atoms with E-state index in [9.17, 15) is 4.39 Å². The molecule has 0 heterocycles. The number of benzene rings is 1. The van der Waals surface area contributed by atoms with Crippen LogP contribution in [0.15, 0.2) is 24.3 Å². The lowest BCUT2D eigenvalue weighted by molar-refractivity contribution is 0.131.